The van der Waals surface area contributed by atoms with Gasteiger partial charge in [-0.1, -0.05) is 18.3 Å². The first-order valence-corrected chi connectivity index (χ1v) is 12.8. The predicted molar refractivity (Wildman–Crippen MR) is 150 cm³/mol. The summed E-state index contributed by atoms with van der Waals surface area (Å²) in [5.41, 5.74) is 4.35. The number of ether oxygens (including phenoxy) is 2. The highest BCUT2D eigenvalue weighted by Gasteiger charge is 2.28. The lowest BCUT2D eigenvalue weighted by Gasteiger charge is -2.23. The molecule has 0 bridgehead atoms. The first kappa shape index (κ1) is 25.5. The third-order valence-electron chi connectivity index (χ3n) is 6.85. The van der Waals surface area contributed by atoms with Gasteiger partial charge in [-0.25, -0.2) is 14.8 Å². The van der Waals surface area contributed by atoms with Crippen molar-refractivity contribution in [3.8, 4) is 22.8 Å². The van der Waals surface area contributed by atoms with E-state index < -0.39 is 5.97 Å². The summed E-state index contributed by atoms with van der Waals surface area (Å²) in [6.07, 6.45) is 5.54. The number of hydrogen-bond donors (Lipinski definition) is 3. The summed E-state index contributed by atoms with van der Waals surface area (Å²) in [7, 11) is 3.25. The van der Waals surface area contributed by atoms with Crippen LogP contribution in [0, 0.1) is 6.92 Å². The zero-order valence-corrected chi connectivity index (χ0v) is 22.3. The van der Waals surface area contributed by atoms with E-state index in [2.05, 4.69) is 15.6 Å². The molecule has 0 aliphatic carbocycles. The number of carboxylic acid groups (broad SMARTS) is 1. The van der Waals surface area contributed by atoms with Gasteiger partial charge in [0.15, 0.2) is 5.82 Å². The minimum Gasteiger partial charge on any atom is -0.497 e. The molecule has 1 aliphatic rings. The van der Waals surface area contributed by atoms with Gasteiger partial charge in [0.1, 0.15) is 28.5 Å². The molecule has 1 aliphatic heterocycles. The van der Waals surface area contributed by atoms with E-state index in [1.54, 1.807) is 32.5 Å². The first-order valence-electron chi connectivity index (χ1n) is 12.3. The Hall–Kier alpha value is -4.18. The van der Waals surface area contributed by atoms with E-state index in [1.807, 2.05) is 41.8 Å². The van der Waals surface area contributed by atoms with Crippen LogP contribution in [0.2, 0.25) is 0 Å². The van der Waals surface area contributed by atoms with Gasteiger partial charge in [0, 0.05) is 42.7 Å². The van der Waals surface area contributed by atoms with E-state index in [0.717, 1.165) is 58.1 Å². The van der Waals surface area contributed by atoms with Crippen molar-refractivity contribution in [2.45, 2.75) is 32.2 Å². The summed E-state index contributed by atoms with van der Waals surface area (Å²) in [5.74, 6) is 1.90. The molecule has 1 fully saturated rings. The Balaban J connectivity index is 1.63. The van der Waals surface area contributed by atoms with Crippen LogP contribution in [0.25, 0.3) is 16.8 Å². The number of carboxylic acids is 1. The number of aromatic nitrogens is 3. The fraction of sp³-hybridized carbons (Fsp3) is 0.286. The monoisotopic (exact) mass is 531 g/mol. The number of methoxy groups -OCH3 is 2. The van der Waals surface area contributed by atoms with E-state index in [0.29, 0.717) is 23.9 Å². The van der Waals surface area contributed by atoms with Crippen LogP contribution in [0.1, 0.15) is 46.1 Å². The molecule has 4 aromatic rings. The number of carbonyl (C=O) groups is 1. The number of thiocarbonyl (C=S) groups is 1. The summed E-state index contributed by atoms with van der Waals surface area (Å²) in [4.78, 5) is 22.1. The second kappa shape index (κ2) is 10.7. The van der Waals surface area contributed by atoms with Crippen LogP contribution in [0.3, 0.4) is 0 Å². The van der Waals surface area contributed by atoms with Crippen molar-refractivity contribution in [1.29, 1.82) is 0 Å². The van der Waals surface area contributed by atoms with Crippen molar-refractivity contribution in [1.82, 2.24) is 19.7 Å². The lowest BCUT2D eigenvalue weighted by Crippen LogP contribution is -2.34. The van der Waals surface area contributed by atoms with Crippen LogP contribution in [0.4, 0.5) is 5.82 Å². The zero-order valence-electron chi connectivity index (χ0n) is 21.4. The zero-order chi connectivity index (χ0) is 26.8. The molecule has 196 valence electrons. The third-order valence-corrected chi connectivity index (χ3v) is 7.28. The number of aryl methyl sites for hydroxylation is 1. The lowest BCUT2D eigenvalue weighted by atomic mass is 9.98. The molecule has 3 N–H and O–H groups in total. The lowest BCUT2D eigenvalue weighted by molar-refractivity contribution is 0.0697. The standard InChI is InChI=1S/C28H29N5O4S/c1-16-13-17(28(34)35)7-9-20(16)23-24-25(31-15-18-6-8-19(36-2)14-22(18)37-3)29-11-12-33(24)26(32-23)21-5-4-10-30-27(21)38/h6-9,11-14,21H,4-5,10,15H2,1-3H3,(H,29,31)(H,30,38)(H,34,35). The number of hydrogen-bond acceptors (Lipinski definition) is 7. The molecular weight excluding hydrogens is 502 g/mol. The van der Waals surface area contributed by atoms with Gasteiger partial charge in [0.05, 0.1) is 30.7 Å². The van der Waals surface area contributed by atoms with Crippen LogP contribution < -0.4 is 20.1 Å². The van der Waals surface area contributed by atoms with Gasteiger partial charge in [-0.05, 0) is 49.6 Å². The normalized spacial score (nSPS) is 15.2. The van der Waals surface area contributed by atoms with Crippen molar-refractivity contribution in [3.63, 3.8) is 0 Å². The van der Waals surface area contributed by atoms with Gasteiger partial charge in [0.2, 0.25) is 0 Å². The maximum absolute atomic E-state index is 11.5. The van der Waals surface area contributed by atoms with Gasteiger partial charge in [-0.3, -0.25) is 4.40 Å². The molecule has 0 spiro atoms. The molecule has 38 heavy (non-hydrogen) atoms. The Bertz CT molecular complexity index is 1530. The van der Waals surface area contributed by atoms with Gasteiger partial charge >= 0.3 is 5.97 Å². The van der Waals surface area contributed by atoms with E-state index in [4.69, 9.17) is 26.7 Å². The molecule has 2 aromatic heterocycles. The Morgan fingerprint density at radius 3 is 2.79 bits per heavy atom. The quantitative estimate of drug-likeness (QED) is 0.276. The topological polar surface area (TPSA) is 110 Å². The maximum atomic E-state index is 11.5. The molecule has 1 saturated heterocycles. The largest absolute Gasteiger partial charge is 0.497 e. The van der Waals surface area contributed by atoms with Crippen LogP contribution in [-0.4, -0.2) is 51.2 Å². The Morgan fingerprint density at radius 1 is 1.24 bits per heavy atom. The Kier molecular flexibility index (Phi) is 7.15. The highest BCUT2D eigenvalue weighted by Crippen LogP contribution is 2.36. The van der Waals surface area contributed by atoms with E-state index in [1.165, 1.54) is 0 Å². The molecule has 9 nitrogen and oxygen atoms in total. The third kappa shape index (κ3) is 4.74. The summed E-state index contributed by atoms with van der Waals surface area (Å²) in [6, 6.07) is 10.8. The van der Waals surface area contributed by atoms with Crippen molar-refractivity contribution >= 4 is 34.5 Å². The highest BCUT2D eigenvalue weighted by atomic mass is 32.1. The molecule has 10 heteroatoms. The van der Waals surface area contributed by atoms with Crippen LogP contribution >= 0.6 is 12.2 Å². The molecule has 0 amide bonds. The molecular formula is C28H29N5O4S. The molecule has 0 saturated carbocycles. The fourth-order valence-corrected chi connectivity index (χ4v) is 5.21. The molecule has 0 radical (unpaired) electrons. The van der Waals surface area contributed by atoms with Gasteiger partial charge in [-0.2, -0.15) is 0 Å². The summed E-state index contributed by atoms with van der Waals surface area (Å²) < 4.78 is 12.9. The number of benzene rings is 2. The Labute approximate surface area is 225 Å². The second-order valence-corrected chi connectivity index (χ2v) is 9.60. The number of imidazole rings is 1. The smallest absolute Gasteiger partial charge is 0.335 e. The van der Waals surface area contributed by atoms with Crippen LogP contribution in [0.15, 0.2) is 48.8 Å². The number of nitrogens with one attached hydrogen (secondary N) is 2. The summed E-state index contributed by atoms with van der Waals surface area (Å²) >= 11 is 5.68. The van der Waals surface area contributed by atoms with Crippen molar-refractivity contribution in [2.24, 2.45) is 0 Å². The van der Waals surface area contributed by atoms with Gasteiger partial charge in [-0.15, -0.1) is 0 Å². The highest BCUT2D eigenvalue weighted by molar-refractivity contribution is 7.80. The molecule has 1 unspecified atom stereocenters. The van der Waals surface area contributed by atoms with E-state index in [-0.39, 0.29) is 11.5 Å². The van der Waals surface area contributed by atoms with Crippen LogP contribution in [0.5, 0.6) is 11.5 Å². The number of piperidine rings is 1. The van der Waals surface area contributed by atoms with Crippen molar-refractivity contribution in [3.05, 3.63) is 71.3 Å². The van der Waals surface area contributed by atoms with Gasteiger partial charge in [0.25, 0.3) is 0 Å². The molecule has 5 rings (SSSR count). The first-order chi connectivity index (χ1) is 18.4. The SMILES string of the molecule is COc1ccc(CNc2nccn3c(C4CCCNC4=S)nc(-c4ccc(C(=O)O)cc4C)c23)c(OC)c1. The second-order valence-electron chi connectivity index (χ2n) is 9.17. The molecule has 1 atom stereocenters. The predicted octanol–water partition coefficient (Wildman–Crippen LogP) is 4.83. The average molecular weight is 532 g/mol. The van der Waals surface area contributed by atoms with Gasteiger partial charge < -0.3 is 25.2 Å². The summed E-state index contributed by atoms with van der Waals surface area (Å²) in [6.45, 7) is 3.21. The summed E-state index contributed by atoms with van der Waals surface area (Å²) in [5, 5.41) is 16.2. The number of nitrogens with zero attached hydrogens (tertiary/aromatic N) is 3. The number of fused-ring (bicyclic) bond motifs is 1. The molecule has 3 heterocycles. The number of anilines is 1. The minimum atomic E-state index is -0.967. The maximum Gasteiger partial charge on any atom is 0.335 e. The minimum absolute atomic E-state index is 0.0319. The van der Waals surface area contributed by atoms with Crippen molar-refractivity contribution in [2.75, 3.05) is 26.1 Å². The Morgan fingerprint density at radius 2 is 2.08 bits per heavy atom. The fourth-order valence-electron chi connectivity index (χ4n) is 4.88. The number of rotatable bonds is 8. The van der Waals surface area contributed by atoms with E-state index >= 15 is 0 Å². The number of aromatic carboxylic acids is 1. The van der Waals surface area contributed by atoms with Crippen molar-refractivity contribution < 1.29 is 19.4 Å². The van der Waals surface area contributed by atoms with E-state index in [9.17, 15) is 9.90 Å². The molecule has 2 aromatic carbocycles. The van der Waals surface area contributed by atoms with Crippen LogP contribution in [-0.2, 0) is 6.54 Å². The average Bonchev–Trinajstić information content (AvgIpc) is 3.31.